The van der Waals surface area contributed by atoms with Crippen molar-refractivity contribution in [2.75, 3.05) is 38.2 Å². The molecule has 0 aliphatic carbocycles. The van der Waals surface area contributed by atoms with Crippen molar-refractivity contribution in [3.05, 3.63) is 48.2 Å². The Morgan fingerprint density at radius 1 is 1.14 bits per heavy atom. The van der Waals surface area contributed by atoms with E-state index in [0.717, 1.165) is 22.4 Å². The monoisotopic (exact) mass is 384 g/mol. The standard InChI is InChI=1S/C19H21FN6O2/c1-24-17-15(11-23-24)18(22-12-21-17)26-9-7-25(8-10-26)16(19(27)28-2)13-3-5-14(20)6-4-13/h3-6,11-12,16H,7-10H2,1-2H3. The first kappa shape index (κ1) is 18.3. The van der Waals surface area contributed by atoms with Crippen LogP contribution in [0.25, 0.3) is 11.0 Å². The summed E-state index contributed by atoms with van der Waals surface area (Å²) in [6.45, 7) is 2.66. The van der Waals surface area contributed by atoms with Gasteiger partial charge in [0.1, 0.15) is 24.0 Å². The first-order chi connectivity index (χ1) is 13.6. The maximum atomic E-state index is 13.3. The highest BCUT2D eigenvalue weighted by Gasteiger charge is 2.32. The SMILES string of the molecule is COC(=O)C(c1ccc(F)cc1)N1CCN(c2ncnc3c2cnn3C)CC1. The van der Waals surface area contributed by atoms with Crippen molar-refractivity contribution in [3.63, 3.8) is 0 Å². The molecule has 4 rings (SSSR count). The van der Waals surface area contributed by atoms with Gasteiger partial charge in [0.2, 0.25) is 0 Å². The maximum absolute atomic E-state index is 13.3. The van der Waals surface area contributed by atoms with E-state index in [1.54, 1.807) is 29.3 Å². The second kappa shape index (κ2) is 7.51. The number of esters is 1. The van der Waals surface area contributed by atoms with Gasteiger partial charge < -0.3 is 9.64 Å². The van der Waals surface area contributed by atoms with Gasteiger partial charge in [-0.1, -0.05) is 12.1 Å². The molecule has 0 N–H and O–H groups in total. The van der Waals surface area contributed by atoms with E-state index in [2.05, 4.69) is 24.9 Å². The molecule has 0 saturated carbocycles. The van der Waals surface area contributed by atoms with E-state index in [9.17, 15) is 9.18 Å². The summed E-state index contributed by atoms with van der Waals surface area (Å²) in [4.78, 5) is 25.4. The number of carbonyl (C=O) groups is 1. The lowest BCUT2D eigenvalue weighted by Crippen LogP contribution is -2.49. The summed E-state index contributed by atoms with van der Waals surface area (Å²) < 4.78 is 20.0. The van der Waals surface area contributed by atoms with Crippen molar-refractivity contribution in [2.45, 2.75) is 6.04 Å². The van der Waals surface area contributed by atoms with E-state index in [-0.39, 0.29) is 11.8 Å². The minimum absolute atomic E-state index is 0.332. The first-order valence-corrected chi connectivity index (χ1v) is 9.03. The highest BCUT2D eigenvalue weighted by molar-refractivity contribution is 5.86. The molecular weight excluding hydrogens is 363 g/mol. The van der Waals surface area contributed by atoms with Crippen LogP contribution in [0, 0.1) is 5.82 Å². The van der Waals surface area contributed by atoms with Crippen LogP contribution in [-0.2, 0) is 16.6 Å². The second-order valence-electron chi connectivity index (χ2n) is 6.70. The zero-order chi connectivity index (χ0) is 19.7. The molecule has 1 aliphatic heterocycles. The second-order valence-corrected chi connectivity index (χ2v) is 6.70. The van der Waals surface area contributed by atoms with E-state index in [1.807, 2.05) is 7.05 Å². The van der Waals surface area contributed by atoms with Gasteiger partial charge in [0.15, 0.2) is 5.65 Å². The fraction of sp³-hybridized carbons (Fsp3) is 0.368. The highest BCUT2D eigenvalue weighted by atomic mass is 19.1. The Morgan fingerprint density at radius 3 is 2.54 bits per heavy atom. The molecule has 0 spiro atoms. The van der Waals surface area contributed by atoms with Crippen molar-refractivity contribution >= 4 is 22.8 Å². The molecule has 9 heteroatoms. The minimum atomic E-state index is -0.559. The quantitative estimate of drug-likeness (QED) is 0.632. The van der Waals surface area contributed by atoms with Gasteiger partial charge in [0.25, 0.3) is 0 Å². The Bertz CT molecular complexity index is 982. The van der Waals surface area contributed by atoms with Gasteiger partial charge in [-0.15, -0.1) is 0 Å². The van der Waals surface area contributed by atoms with Gasteiger partial charge in [-0.2, -0.15) is 5.10 Å². The van der Waals surface area contributed by atoms with E-state index in [1.165, 1.54) is 19.2 Å². The molecule has 146 valence electrons. The molecule has 1 aromatic carbocycles. The zero-order valence-corrected chi connectivity index (χ0v) is 15.7. The molecule has 3 heterocycles. The Hall–Kier alpha value is -3.07. The number of nitrogens with zero attached hydrogens (tertiary/aromatic N) is 6. The fourth-order valence-corrected chi connectivity index (χ4v) is 3.65. The normalized spacial score (nSPS) is 16.3. The van der Waals surface area contributed by atoms with Crippen LogP contribution in [0.3, 0.4) is 0 Å². The van der Waals surface area contributed by atoms with Crippen molar-refractivity contribution in [1.29, 1.82) is 0 Å². The molecule has 2 aromatic heterocycles. The van der Waals surface area contributed by atoms with Crippen molar-refractivity contribution in [2.24, 2.45) is 7.05 Å². The number of benzene rings is 1. The molecule has 1 saturated heterocycles. The highest BCUT2D eigenvalue weighted by Crippen LogP contribution is 2.27. The van der Waals surface area contributed by atoms with E-state index >= 15 is 0 Å². The average molecular weight is 384 g/mol. The molecule has 1 atom stereocenters. The predicted octanol–water partition coefficient (Wildman–Crippen LogP) is 1.54. The number of anilines is 1. The van der Waals surface area contributed by atoms with E-state index in [4.69, 9.17) is 4.74 Å². The van der Waals surface area contributed by atoms with Crippen LogP contribution in [0.5, 0.6) is 0 Å². The molecule has 0 amide bonds. The van der Waals surface area contributed by atoms with Gasteiger partial charge in [0, 0.05) is 33.2 Å². The lowest BCUT2D eigenvalue weighted by atomic mass is 10.0. The number of hydrogen-bond donors (Lipinski definition) is 0. The molecule has 28 heavy (non-hydrogen) atoms. The Kier molecular flexibility index (Phi) is 4.91. The molecule has 1 unspecified atom stereocenters. The summed E-state index contributed by atoms with van der Waals surface area (Å²) in [5.74, 6) is 0.160. The fourth-order valence-electron chi connectivity index (χ4n) is 3.65. The Morgan fingerprint density at radius 2 is 1.86 bits per heavy atom. The van der Waals surface area contributed by atoms with Gasteiger partial charge in [-0.3, -0.25) is 9.58 Å². The minimum Gasteiger partial charge on any atom is -0.468 e. The summed E-state index contributed by atoms with van der Waals surface area (Å²) in [7, 11) is 3.22. The molecule has 0 radical (unpaired) electrons. The van der Waals surface area contributed by atoms with Crippen LogP contribution < -0.4 is 4.90 Å². The van der Waals surface area contributed by atoms with Crippen molar-refractivity contribution < 1.29 is 13.9 Å². The number of fused-ring (bicyclic) bond motifs is 1. The lowest BCUT2D eigenvalue weighted by Gasteiger charge is -2.38. The largest absolute Gasteiger partial charge is 0.468 e. The summed E-state index contributed by atoms with van der Waals surface area (Å²) >= 11 is 0. The molecular formula is C19H21FN6O2. The number of methoxy groups -OCH3 is 1. The summed E-state index contributed by atoms with van der Waals surface area (Å²) in [6, 6.07) is 5.43. The summed E-state index contributed by atoms with van der Waals surface area (Å²) in [5, 5.41) is 5.16. The van der Waals surface area contributed by atoms with E-state index < -0.39 is 6.04 Å². The molecule has 1 fully saturated rings. The van der Waals surface area contributed by atoms with Gasteiger partial charge in [-0.05, 0) is 17.7 Å². The molecule has 3 aromatic rings. The number of ether oxygens (including phenoxy) is 1. The van der Waals surface area contributed by atoms with Crippen LogP contribution in [0.2, 0.25) is 0 Å². The van der Waals surface area contributed by atoms with Crippen LogP contribution in [0.15, 0.2) is 36.8 Å². The first-order valence-electron chi connectivity index (χ1n) is 9.03. The van der Waals surface area contributed by atoms with Gasteiger partial charge >= 0.3 is 5.97 Å². The molecule has 1 aliphatic rings. The number of aromatic nitrogens is 4. The van der Waals surface area contributed by atoms with Gasteiger partial charge in [0.05, 0.1) is 18.7 Å². The van der Waals surface area contributed by atoms with Crippen LogP contribution in [0.1, 0.15) is 11.6 Å². The summed E-state index contributed by atoms with van der Waals surface area (Å²) in [6.07, 6.45) is 3.31. The predicted molar refractivity (Wildman–Crippen MR) is 101 cm³/mol. The third-order valence-corrected chi connectivity index (χ3v) is 5.10. The number of aryl methyl sites for hydroxylation is 1. The smallest absolute Gasteiger partial charge is 0.327 e. The van der Waals surface area contributed by atoms with Crippen molar-refractivity contribution in [1.82, 2.24) is 24.6 Å². The van der Waals surface area contributed by atoms with E-state index in [0.29, 0.717) is 26.2 Å². The maximum Gasteiger partial charge on any atom is 0.327 e. The lowest BCUT2D eigenvalue weighted by molar-refractivity contribution is -0.147. The number of rotatable bonds is 4. The Balaban J connectivity index is 1.54. The number of carbonyl (C=O) groups excluding carboxylic acids is 1. The van der Waals surface area contributed by atoms with Crippen molar-refractivity contribution in [3.8, 4) is 0 Å². The number of hydrogen-bond acceptors (Lipinski definition) is 7. The molecule has 0 bridgehead atoms. The molecule has 8 nitrogen and oxygen atoms in total. The van der Waals surface area contributed by atoms with Crippen LogP contribution >= 0.6 is 0 Å². The number of halogens is 1. The van der Waals surface area contributed by atoms with Crippen LogP contribution in [0.4, 0.5) is 10.2 Å². The van der Waals surface area contributed by atoms with Gasteiger partial charge in [-0.25, -0.2) is 19.2 Å². The Labute approximate surface area is 161 Å². The summed E-state index contributed by atoms with van der Waals surface area (Å²) in [5.41, 5.74) is 1.50. The third kappa shape index (κ3) is 3.29. The zero-order valence-electron chi connectivity index (χ0n) is 15.7. The third-order valence-electron chi connectivity index (χ3n) is 5.10. The number of piperazine rings is 1. The topological polar surface area (TPSA) is 76.4 Å². The average Bonchev–Trinajstić information content (AvgIpc) is 3.11. The van der Waals surface area contributed by atoms with Crippen LogP contribution in [-0.4, -0.2) is 63.9 Å².